The number of nitrogens with zero attached hydrogens (tertiary/aromatic N) is 4. The lowest BCUT2D eigenvalue weighted by atomic mass is 10.2. The van der Waals surface area contributed by atoms with Crippen molar-refractivity contribution in [1.82, 2.24) is 19.8 Å². The van der Waals surface area contributed by atoms with Gasteiger partial charge in [-0.2, -0.15) is 0 Å². The van der Waals surface area contributed by atoms with Crippen LogP contribution in [-0.4, -0.2) is 45.9 Å². The number of hydrogen-bond acceptors (Lipinski definition) is 6. The van der Waals surface area contributed by atoms with Gasteiger partial charge in [0.2, 0.25) is 0 Å². The number of rotatable bonds is 5. The zero-order valence-corrected chi connectivity index (χ0v) is 15.1. The fourth-order valence-electron chi connectivity index (χ4n) is 2.97. The van der Waals surface area contributed by atoms with Crippen molar-refractivity contribution in [2.45, 2.75) is 13.1 Å². The van der Waals surface area contributed by atoms with Crippen LogP contribution in [0.4, 0.5) is 0 Å². The second kappa shape index (κ2) is 7.53. The number of benzene rings is 1. The summed E-state index contributed by atoms with van der Waals surface area (Å²) in [6, 6.07) is 10.4. The number of piperazine rings is 1. The number of aromatic nitrogens is 2. The molecule has 0 N–H and O–H groups in total. The topological polar surface area (TPSA) is 32.3 Å². The third kappa shape index (κ3) is 3.89. The Kier molecular flexibility index (Phi) is 4.99. The Labute approximate surface area is 150 Å². The molecule has 3 heterocycles. The molecule has 1 fully saturated rings. The van der Waals surface area contributed by atoms with Crippen molar-refractivity contribution in [2.24, 2.45) is 0 Å². The van der Waals surface area contributed by atoms with Gasteiger partial charge in [-0.1, -0.05) is 30.3 Å². The van der Waals surface area contributed by atoms with E-state index in [1.54, 1.807) is 22.7 Å². The SMILES string of the molecule is c1ccc(-c2nc(CN3CCN(Cc4cscn4)CC3)cs2)cc1. The molecule has 0 spiro atoms. The van der Waals surface area contributed by atoms with Gasteiger partial charge in [-0.15, -0.1) is 22.7 Å². The first-order chi connectivity index (χ1) is 11.9. The van der Waals surface area contributed by atoms with Gasteiger partial charge in [-0.3, -0.25) is 9.80 Å². The third-order valence-corrected chi connectivity index (χ3v) is 5.87. The molecule has 0 aliphatic carbocycles. The first-order valence-electron chi connectivity index (χ1n) is 8.18. The van der Waals surface area contributed by atoms with E-state index in [0.29, 0.717) is 0 Å². The molecule has 0 bridgehead atoms. The standard InChI is InChI=1S/C18H20N4S2/c1-2-4-15(5-3-1)18-20-17(13-24-18)11-22-8-6-21(7-9-22)10-16-12-23-14-19-16/h1-5,12-14H,6-11H2. The first kappa shape index (κ1) is 15.9. The van der Waals surface area contributed by atoms with Gasteiger partial charge in [0.1, 0.15) is 5.01 Å². The van der Waals surface area contributed by atoms with Crippen LogP contribution >= 0.6 is 22.7 Å². The number of hydrogen-bond donors (Lipinski definition) is 0. The monoisotopic (exact) mass is 356 g/mol. The van der Waals surface area contributed by atoms with E-state index >= 15 is 0 Å². The molecule has 2 aromatic heterocycles. The highest BCUT2D eigenvalue weighted by atomic mass is 32.1. The van der Waals surface area contributed by atoms with Crippen molar-refractivity contribution in [2.75, 3.05) is 26.2 Å². The van der Waals surface area contributed by atoms with Gasteiger partial charge in [0, 0.05) is 55.6 Å². The quantitative estimate of drug-likeness (QED) is 0.699. The van der Waals surface area contributed by atoms with Crippen molar-refractivity contribution >= 4 is 22.7 Å². The lowest BCUT2D eigenvalue weighted by Crippen LogP contribution is -2.45. The van der Waals surface area contributed by atoms with Crippen molar-refractivity contribution in [1.29, 1.82) is 0 Å². The summed E-state index contributed by atoms with van der Waals surface area (Å²) in [4.78, 5) is 14.2. The smallest absolute Gasteiger partial charge is 0.123 e. The Morgan fingerprint density at radius 1 is 0.875 bits per heavy atom. The van der Waals surface area contributed by atoms with Crippen LogP contribution < -0.4 is 0 Å². The highest BCUT2D eigenvalue weighted by Crippen LogP contribution is 2.24. The van der Waals surface area contributed by atoms with Crippen molar-refractivity contribution in [3.63, 3.8) is 0 Å². The maximum absolute atomic E-state index is 4.81. The molecule has 0 radical (unpaired) electrons. The molecule has 1 saturated heterocycles. The Morgan fingerprint density at radius 2 is 1.58 bits per heavy atom. The summed E-state index contributed by atoms with van der Waals surface area (Å²) in [6.07, 6.45) is 0. The summed E-state index contributed by atoms with van der Waals surface area (Å²) in [5, 5.41) is 5.46. The molecule has 4 rings (SSSR count). The van der Waals surface area contributed by atoms with E-state index in [4.69, 9.17) is 4.98 Å². The van der Waals surface area contributed by atoms with E-state index in [9.17, 15) is 0 Å². The Balaban J connectivity index is 1.30. The van der Waals surface area contributed by atoms with Gasteiger partial charge in [-0.25, -0.2) is 9.97 Å². The molecule has 4 nitrogen and oxygen atoms in total. The fourth-order valence-corrected chi connectivity index (χ4v) is 4.34. The molecule has 0 atom stereocenters. The average Bonchev–Trinajstić information content (AvgIpc) is 3.29. The molecule has 0 unspecified atom stereocenters. The molecular weight excluding hydrogens is 336 g/mol. The fraction of sp³-hybridized carbons (Fsp3) is 0.333. The van der Waals surface area contributed by atoms with Crippen LogP contribution in [-0.2, 0) is 13.1 Å². The summed E-state index contributed by atoms with van der Waals surface area (Å²) in [6.45, 7) is 6.34. The van der Waals surface area contributed by atoms with Crippen LogP contribution in [0.5, 0.6) is 0 Å². The molecule has 6 heteroatoms. The van der Waals surface area contributed by atoms with E-state index in [1.807, 2.05) is 11.6 Å². The average molecular weight is 357 g/mol. The van der Waals surface area contributed by atoms with Crippen LogP contribution in [0.2, 0.25) is 0 Å². The van der Waals surface area contributed by atoms with Gasteiger partial charge in [0.05, 0.1) is 16.9 Å². The highest BCUT2D eigenvalue weighted by Gasteiger charge is 2.18. The van der Waals surface area contributed by atoms with Crippen LogP contribution in [0.15, 0.2) is 46.6 Å². The summed E-state index contributed by atoms with van der Waals surface area (Å²) in [5.74, 6) is 0. The van der Waals surface area contributed by atoms with Crippen molar-refractivity contribution < 1.29 is 0 Å². The largest absolute Gasteiger partial charge is 0.295 e. The van der Waals surface area contributed by atoms with Gasteiger partial charge >= 0.3 is 0 Å². The zero-order chi connectivity index (χ0) is 16.2. The van der Waals surface area contributed by atoms with Gasteiger partial charge < -0.3 is 0 Å². The molecule has 0 amide bonds. The van der Waals surface area contributed by atoms with Gasteiger partial charge in [0.25, 0.3) is 0 Å². The summed E-state index contributed by atoms with van der Waals surface area (Å²) < 4.78 is 0. The van der Waals surface area contributed by atoms with Gasteiger partial charge in [-0.05, 0) is 0 Å². The predicted octanol–water partition coefficient (Wildman–Crippen LogP) is 3.58. The molecule has 0 saturated carbocycles. The summed E-state index contributed by atoms with van der Waals surface area (Å²) >= 11 is 3.41. The first-order valence-corrected chi connectivity index (χ1v) is 10.0. The zero-order valence-electron chi connectivity index (χ0n) is 13.5. The lowest BCUT2D eigenvalue weighted by Gasteiger charge is -2.33. The highest BCUT2D eigenvalue weighted by molar-refractivity contribution is 7.13. The van der Waals surface area contributed by atoms with E-state index in [0.717, 1.165) is 44.3 Å². The molecule has 3 aromatic rings. The number of thiazole rings is 2. The van der Waals surface area contributed by atoms with Crippen LogP contribution in [0.1, 0.15) is 11.4 Å². The molecule has 1 aliphatic heterocycles. The van der Waals surface area contributed by atoms with Crippen molar-refractivity contribution in [3.05, 3.63) is 58.0 Å². The van der Waals surface area contributed by atoms with E-state index in [2.05, 4.69) is 49.8 Å². The Hall–Kier alpha value is -1.60. The van der Waals surface area contributed by atoms with E-state index in [1.165, 1.54) is 17.0 Å². The Bertz CT molecular complexity index is 746. The second-order valence-electron chi connectivity index (χ2n) is 6.04. The molecule has 1 aromatic carbocycles. The van der Waals surface area contributed by atoms with E-state index < -0.39 is 0 Å². The molecular formula is C18H20N4S2. The molecule has 24 heavy (non-hydrogen) atoms. The predicted molar refractivity (Wildman–Crippen MR) is 100 cm³/mol. The normalized spacial score (nSPS) is 16.5. The van der Waals surface area contributed by atoms with Gasteiger partial charge in [0.15, 0.2) is 0 Å². The molecule has 124 valence electrons. The summed E-state index contributed by atoms with van der Waals surface area (Å²) in [5.41, 5.74) is 5.51. The minimum absolute atomic E-state index is 0.952. The maximum atomic E-state index is 4.81. The Morgan fingerprint density at radius 3 is 2.25 bits per heavy atom. The lowest BCUT2D eigenvalue weighted by molar-refractivity contribution is 0.120. The van der Waals surface area contributed by atoms with E-state index in [-0.39, 0.29) is 0 Å². The minimum atomic E-state index is 0.952. The maximum Gasteiger partial charge on any atom is 0.123 e. The van der Waals surface area contributed by atoms with Crippen LogP contribution in [0.25, 0.3) is 10.6 Å². The van der Waals surface area contributed by atoms with Crippen LogP contribution in [0, 0.1) is 0 Å². The minimum Gasteiger partial charge on any atom is -0.295 e. The third-order valence-electron chi connectivity index (χ3n) is 4.29. The second-order valence-corrected chi connectivity index (χ2v) is 7.62. The molecule has 1 aliphatic rings. The summed E-state index contributed by atoms with van der Waals surface area (Å²) in [7, 11) is 0. The van der Waals surface area contributed by atoms with Crippen molar-refractivity contribution in [3.8, 4) is 10.6 Å². The van der Waals surface area contributed by atoms with Crippen LogP contribution in [0.3, 0.4) is 0 Å².